The van der Waals surface area contributed by atoms with Gasteiger partial charge in [-0.3, -0.25) is 0 Å². The molecular weight excluding hydrogens is 305 g/mol. The second-order valence-corrected chi connectivity index (χ2v) is 6.12. The third-order valence-corrected chi connectivity index (χ3v) is 3.98. The molecule has 0 spiro atoms. The van der Waals surface area contributed by atoms with Gasteiger partial charge in [0.15, 0.2) is 5.65 Å². The predicted octanol–water partition coefficient (Wildman–Crippen LogP) is 4.99. The second kappa shape index (κ2) is 5.66. The molecule has 3 aromatic rings. The van der Waals surface area contributed by atoms with E-state index < -0.39 is 0 Å². The van der Waals surface area contributed by atoms with E-state index in [0.717, 1.165) is 27.6 Å². The molecule has 0 fully saturated rings. The molecule has 2 heterocycles. The second-order valence-electron chi connectivity index (χ2n) is 5.03. The van der Waals surface area contributed by atoms with Crippen LogP contribution < -0.4 is 0 Å². The lowest BCUT2D eigenvalue weighted by molar-refractivity contribution is 0.614. The summed E-state index contributed by atoms with van der Waals surface area (Å²) < 4.78 is 2.08. The van der Waals surface area contributed by atoms with Crippen LogP contribution in [0.25, 0.3) is 11.2 Å². The van der Waals surface area contributed by atoms with Crippen molar-refractivity contribution in [1.29, 1.82) is 0 Å². The highest BCUT2D eigenvalue weighted by Gasteiger charge is 2.20. The highest BCUT2D eigenvalue weighted by atomic mass is 35.5. The van der Waals surface area contributed by atoms with Gasteiger partial charge < -0.3 is 4.57 Å². The van der Waals surface area contributed by atoms with Crippen molar-refractivity contribution in [2.75, 3.05) is 0 Å². The maximum Gasteiger partial charge on any atom is 0.160 e. The fourth-order valence-corrected chi connectivity index (χ4v) is 2.88. The van der Waals surface area contributed by atoms with Gasteiger partial charge in [0.25, 0.3) is 0 Å². The van der Waals surface area contributed by atoms with E-state index in [1.807, 2.05) is 43.3 Å². The van der Waals surface area contributed by atoms with E-state index in [0.29, 0.717) is 0 Å². The lowest BCUT2D eigenvalue weighted by Gasteiger charge is -2.18. The number of aromatic nitrogens is 3. The summed E-state index contributed by atoms with van der Waals surface area (Å²) in [5, 5.41) is 0.526. The van der Waals surface area contributed by atoms with Gasteiger partial charge in [0.2, 0.25) is 0 Å². The minimum absolute atomic E-state index is 0.0554. The number of alkyl halides is 1. The Bertz CT molecular complexity index is 780. The van der Waals surface area contributed by atoms with Crippen molar-refractivity contribution in [2.24, 2.45) is 0 Å². The molecule has 5 heteroatoms. The van der Waals surface area contributed by atoms with E-state index >= 15 is 0 Å². The van der Waals surface area contributed by atoms with Crippen LogP contribution in [0.3, 0.4) is 0 Å². The van der Waals surface area contributed by atoms with Crippen LogP contribution in [0.1, 0.15) is 36.7 Å². The first-order chi connectivity index (χ1) is 10.1. The lowest BCUT2D eigenvalue weighted by Crippen LogP contribution is -2.11. The molecule has 3 nitrogen and oxygen atoms in total. The molecule has 0 radical (unpaired) electrons. The van der Waals surface area contributed by atoms with Crippen LogP contribution in [-0.2, 0) is 0 Å². The number of hydrogen-bond donors (Lipinski definition) is 0. The SMILES string of the molecule is CC(Cl)c1nc2cccnc2n1C(C)c1cccc(Cl)c1. The molecule has 2 unspecified atom stereocenters. The fourth-order valence-electron chi connectivity index (χ4n) is 2.53. The zero-order valence-corrected chi connectivity index (χ0v) is 13.3. The van der Waals surface area contributed by atoms with Crippen LogP contribution in [0.5, 0.6) is 0 Å². The van der Waals surface area contributed by atoms with Gasteiger partial charge >= 0.3 is 0 Å². The highest BCUT2D eigenvalue weighted by molar-refractivity contribution is 6.30. The van der Waals surface area contributed by atoms with E-state index in [1.165, 1.54) is 0 Å². The third-order valence-electron chi connectivity index (χ3n) is 3.55. The number of halogens is 2. The molecule has 0 bridgehead atoms. The maximum atomic E-state index is 6.31. The minimum Gasteiger partial charge on any atom is -0.304 e. The summed E-state index contributed by atoms with van der Waals surface area (Å²) in [6.45, 7) is 4.02. The maximum absolute atomic E-state index is 6.31. The summed E-state index contributed by atoms with van der Waals surface area (Å²) in [7, 11) is 0. The summed E-state index contributed by atoms with van der Waals surface area (Å²) in [4.78, 5) is 9.08. The monoisotopic (exact) mass is 319 g/mol. The van der Waals surface area contributed by atoms with Crippen LogP contribution in [0.4, 0.5) is 0 Å². The predicted molar refractivity (Wildman–Crippen MR) is 87.1 cm³/mol. The van der Waals surface area contributed by atoms with Gasteiger partial charge in [-0.2, -0.15) is 0 Å². The van der Waals surface area contributed by atoms with Gasteiger partial charge in [-0.25, -0.2) is 9.97 Å². The van der Waals surface area contributed by atoms with E-state index in [4.69, 9.17) is 23.2 Å². The number of nitrogens with zero attached hydrogens (tertiary/aromatic N) is 3. The Kier molecular flexibility index (Phi) is 3.87. The standard InChI is InChI=1S/C16H15Cl2N3/c1-10(17)15-20-14-7-4-8-19-16(14)21(15)11(2)12-5-3-6-13(18)9-12/h3-11H,1-2H3. The normalized spacial score (nSPS) is 14.3. The van der Waals surface area contributed by atoms with Crippen molar-refractivity contribution >= 4 is 34.4 Å². The van der Waals surface area contributed by atoms with Gasteiger partial charge in [0, 0.05) is 11.2 Å². The summed E-state index contributed by atoms with van der Waals surface area (Å²) in [6.07, 6.45) is 1.77. The number of imidazole rings is 1. The van der Waals surface area contributed by atoms with Gasteiger partial charge in [-0.1, -0.05) is 23.7 Å². The number of hydrogen-bond acceptors (Lipinski definition) is 2. The lowest BCUT2D eigenvalue weighted by atomic mass is 10.1. The van der Waals surface area contributed by atoms with Crippen molar-refractivity contribution in [1.82, 2.24) is 14.5 Å². The number of fused-ring (bicyclic) bond motifs is 1. The average molecular weight is 320 g/mol. The summed E-state index contributed by atoms with van der Waals surface area (Å²) in [5.41, 5.74) is 2.80. The first kappa shape index (κ1) is 14.4. The van der Waals surface area contributed by atoms with Gasteiger partial charge in [-0.15, -0.1) is 11.6 Å². The summed E-state index contributed by atoms with van der Waals surface area (Å²) in [6, 6.07) is 11.7. The van der Waals surface area contributed by atoms with Crippen molar-refractivity contribution in [3.8, 4) is 0 Å². The van der Waals surface area contributed by atoms with Crippen molar-refractivity contribution < 1.29 is 0 Å². The molecule has 108 valence electrons. The minimum atomic E-state index is -0.194. The number of pyridine rings is 1. The Morgan fingerprint density at radius 3 is 2.67 bits per heavy atom. The van der Waals surface area contributed by atoms with E-state index in [2.05, 4.69) is 21.5 Å². The van der Waals surface area contributed by atoms with Crippen LogP contribution in [0.2, 0.25) is 5.02 Å². The summed E-state index contributed by atoms with van der Waals surface area (Å²) in [5.74, 6) is 0.817. The number of rotatable bonds is 3. The molecule has 21 heavy (non-hydrogen) atoms. The van der Waals surface area contributed by atoms with Gasteiger partial charge in [0.05, 0.1) is 11.4 Å². The molecule has 0 saturated heterocycles. The first-order valence-electron chi connectivity index (χ1n) is 6.80. The third kappa shape index (κ3) is 2.63. The Morgan fingerprint density at radius 1 is 1.14 bits per heavy atom. The summed E-state index contributed by atoms with van der Waals surface area (Å²) >= 11 is 12.4. The Morgan fingerprint density at radius 2 is 1.95 bits per heavy atom. The zero-order chi connectivity index (χ0) is 15.0. The van der Waals surface area contributed by atoms with E-state index in [-0.39, 0.29) is 11.4 Å². The molecule has 0 saturated carbocycles. The molecule has 0 aliphatic heterocycles. The quantitative estimate of drug-likeness (QED) is 0.636. The van der Waals surface area contributed by atoms with E-state index in [1.54, 1.807) is 6.20 Å². The highest BCUT2D eigenvalue weighted by Crippen LogP contribution is 2.30. The molecule has 0 N–H and O–H groups in total. The van der Waals surface area contributed by atoms with Crippen LogP contribution in [-0.4, -0.2) is 14.5 Å². The zero-order valence-electron chi connectivity index (χ0n) is 11.8. The molecule has 0 aliphatic rings. The van der Waals surface area contributed by atoms with Crippen LogP contribution >= 0.6 is 23.2 Å². The Labute approximate surface area is 133 Å². The van der Waals surface area contributed by atoms with Gasteiger partial charge in [0.1, 0.15) is 11.3 Å². The van der Waals surface area contributed by atoms with Crippen LogP contribution in [0, 0.1) is 0 Å². The molecular formula is C16H15Cl2N3. The topological polar surface area (TPSA) is 30.7 Å². The molecule has 0 amide bonds. The molecule has 0 aliphatic carbocycles. The Hall–Kier alpha value is -1.58. The number of benzene rings is 1. The molecule has 1 aromatic carbocycles. The van der Waals surface area contributed by atoms with Crippen molar-refractivity contribution in [3.05, 3.63) is 59.0 Å². The van der Waals surface area contributed by atoms with Crippen molar-refractivity contribution in [3.63, 3.8) is 0 Å². The Balaban J connectivity index is 2.20. The fraction of sp³-hybridized carbons (Fsp3) is 0.250. The molecule has 2 atom stereocenters. The van der Waals surface area contributed by atoms with E-state index in [9.17, 15) is 0 Å². The largest absolute Gasteiger partial charge is 0.304 e. The average Bonchev–Trinajstić information content (AvgIpc) is 2.86. The van der Waals surface area contributed by atoms with Gasteiger partial charge in [-0.05, 0) is 43.7 Å². The molecule has 2 aromatic heterocycles. The molecule has 3 rings (SSSR count). The first-order valence-corrected chi connectivity index (χ1v) is 7.61. The smallest absolute Gasteiger partial charge is 0.160 e. The van der Waals surface area contributed by atoms with Crippen molar-refractivity contribution in [2.45, 2.75) is 25.3 Å². The van der Waals surface area contributed by atoms with Crippen LogP contribution in [0.15, 0.2) is 42.6 Å².